The molecule has 0 aromatic heterocycles. The number of rotatable bonds is 9. The molecule has 1 N–H and O–H groups in total. The van der Waals surface area contributed by atoms with Crippen LogP contribution in [0.25, 0.3) is 0 Å². The Morgan fingerprint density at radius 2 is 1.87 bits per heavy atom. The lowest BCUT2D eigenvalue weighted by atomic mass is 9.93. The molecule has 1 atom stereocenters. The highest BCUT2D eigenvalue weighted by Gasteiger charge is 2.18. The van der Waals surface area contributed by atoms with Gasteiger partial charge in [0.1, 0.15) is 0 Å². The Morgan fingerprint density at radius 1 is 1.13 bits per heavy atom. The van der Waals surface area contributed by atoms with E-state index in [1.807, 2.05) is 0 Å². The summed E-state index contributed by atoms with van der Waals surface area (Å²) in [5.41, 5.74) is 1.17. The summed E-state index contributed by atoms with van der Waals surface area (Å²) >= 11 is 0. The van der Waals surface area contributed by atoms with E-state index in [-0.39, 0.29) is 5.97 Å². The molecular formula is C17H22O6. The Balaban J connectivity index is 2.60. The number of unbranched alkanes of at least 4 members (excludes halogenated alkanes) is 1. The van der Waals surface area contributed by atoms with Gasteiger partial charge in [0, 0.05) is 6.42 Å². The summed E-state index contributed by atoms with van der Waals surface area (Å²) in [4.78, 5) is 33.9. The van der Waals surface area contributed by atoms with Gasteiger partial charge in [0.15, 0.2) is 0 Å². The van der Waals surface area contributed by atoms with Gasteiger partial charge in [-0.1, -0.05) is 18.6 Å². The third-order valence-electron chi connectivity index (χ3n) is 3.59. The van der Waals surface area contributed by atoms with Gasteiger partial charge in [-0.15, -0.1) is 0 Å². The van der Waals surface area contributed by atoms with Crippen molar-refractivity contribution >= 4 is 17.9 Å². The fraction of sp³-hybridized carbons (Fsp3) is 0.471. The maximum absolute atomic E-state index is 11.5. The summed E-state index contributed by atoms with van der Waals surface area (Å²) in [7, 11) is 2.63. The standard InChI is InChI=1S/C17H22O6/c1-22-15(18)9-4-3-7-13(16(19)20)10-12-6-5-8-14(11-12)17(21)23-2/h5-6,8,11,13H,3-4,7,9-10H2,1-2H3,(H,19,20). The summed E-state index contributed by atoms with van der Waals surface area (Å²) in [6.45, 7) is 0. The molecular weight excluding hydrogens is 300 g/mol. The largest absolute Gasteiger partial charge is 0.481 e. The topological polar surface area (TPSA) is 89.9 Å². The van der Waals surface area contributed by atoms with E-state index in [2.05, 4.69) is 9.47 Å². The predicted octanol–water partition coefficient (Wildman–Crippen LogP) is 2.45. The molecule has 0 bridgehead atoms. The number of ether oxygens (including phenoxy) is 2. The van der Waals surface area contributed by atoms with Crippen molar-refractivity contribution in [1.29, 1.82) is 0 Å². The number of benzene rings is 1. The number of carbonyl (C=O) groups is 3. The third kappa shape index (κ3) is 6.50. The molecule has 1 rings (SSSR count). The van der Waals surface area contributed by atoms with E-state index in [9.17, 15) is 19.5 Å². The molecule has 0 spiro atoms. The van der Waals surface area contributed by atoms with Gasteiger partial charge < -0.3 is 14.6 Å². The molecule has 1 aromatic carbocycles. The molecule has 1 unspecified atom stereocenters. The van der Waals surface area contributed by atoms with Crippen LogP contribution >= 0.6 is 0 Å². The summed E-state index contributed by atoms with van der Waals surface area (Å²) < 4.78 is 9.20. The number of aliphatic carboxylic acids is 1. The van der Waals surface area contributed by atoms with Crippen molar-refractivity contribution in [3.05, 3.63) is 35.4 Å². The predicted molar refractivity (Wildman–Crippen MR) is 83.1 cm³/mol. The van der Waals surface area contributed by atoms with Gasteiger partial charge >= 0.3 is 17.9 Å². The minimum atomic E-state index is -0.883. The van der Waals surface area contributed by atoms with E-state index < -0.39 is 17.9 Å². The molecule has 0 aliphatic carbocycles. The van der Waals surface area contributed by atoms with Crippen molar-refractivity contribution in [2.24, 2.45) is 5.92 Å². The second-order valence-corrected chi connectivity index (χ2v) is 5.25. The van der Waals surface area contributed by atoms with E-state index in [1.54, 1.807) is 24.3 Å². The molecule has 23 heavy (non-hydrogen) atoms. The van der Waals surface area contributed by atoms with Crippen LogP contribution in [0.5, 0.6) is 0 Å². The number of methoxy groups -OCH3 is 2. The number of carboxylic acids is 1. The number of hydrogen-bond acceptors (Lipinski definition) is 5. The Labute approximate surface area is 135 Å². The molecule has 0 aliphatic rings. The molecule has 0 saturated carbocycles. The summed E-state index contributed by atoms with van der Waals surface area (Å²) in [5, 5.41) is 9.33. The Morgan fingerprint density at radius 3 is 2.48 bits per heavy atom. The van der Waals surface area contributed by atoms with Crippen LogP contribution in [0.1, 0.15) is 41.6 Å². The van der Waals surface area contributed by atoms with Crippen molar-refractivity contribution in [3.8, 4) is 0 Å². The first-order valence-corrected chi connectivity index (χ1v) is 7.44. The van der Waals surface area contributed by atoms with Gasteiger partial charge in [0.2, 0.25) is 0 Å². The zero-order valence-electron chi connectivity index (χ0n) is 13.4. The lowest BCUT2D eigenvalue weighted by Gasteiger charge is -2.13. The van der Waals surface area contributed by atoms with Crippen LogP contribution in [0.4, 0.5) is 0 Å². The normalized spacial score (nSPS) is 11.6. The SMILES string of the molecule is COC(=O)CCCCC(Cc1cccc(C(=O)OC)c1)C(=O)O. The molecule has 0 aliphatic heterocycles. The van der Waals surface area contributed by atoms with Gasteiger partial charge in [0.25, 0.3) is 0 Å². The first-order chi connectivity index (χ1) is 11.0. The highest BCUT2D eigenvalue weighted by molar-refractivity contribution is 5.89. The quantitative estimate of drug-likeness (QED) is 0.555. The van der Waals surface area contributed by atoms with E-state index in [4.69, 9.17) is 0 Å². The average Bonchev–Trinajstić information content (AvgIpc) is 2.56. The maximum Gasteiger partial charge on any atom is 0.337 e. The van der Waals surface area contributed by atoms with E-state index >= 15 is 0 Å². The molecule has 0 heterocycles. The molecule has 0 radical (unpaired) electrons. The van der Waals surface area contributed by atoms with Crippen molar-refractivity contribution < 1.29 is 29.0 Å². The van der Waals surface area contributed by atoms with Crippen molar-refractivity contribution in [1.82, 2.24) is 0 Å². The minimum absolute atomic E-state index is 0.289. The zero-order chi connectivity index (χ0) is 17.2. The van der Waals surface area contributed by atoms with Gasteiger partial charge in [0.05, 0.1) is 25.7 Å². The van der Waals surface area contributed by atoms with Crippen molar-refractivity contribution in [3.63, 3.8) is 0 Å². The van der Waals surface area contributed by atoms with Crippen LogP contribution in [-0.2, 0) is 25.5 Å². The Bertz CT molecular complexity index is 552. The molecule has 0 amide bonds. The van der Waals surface area contributed by atoms with E-state index in [0.29, 0.717) is 37.7 Å². The Hall–Kier alpha value is -2.37. The second-order valence-electron chi connectivity index (χ2n) is 5.25. The number of carbonyl (C=O) groups excluding carboxylic acids is 2. The number of carboxylic acid groups (broad SMARTS) is 1. The highest BCUT2D eigenvalue weighted by Crippen LogP contribution is 2.18. The molecule has 6 nitrogen and oxygen atoms in total. The summed E-state index contributed by atoms with van der Waals surface area (Å²) in [6, 6.07) is 6.77. The highest BCUT2D eigenvalue weighted by atomic mass is 16.5. The first kappa shape index (κ1) is 18.7. The van der Waals surface area contributed by atoms with E-state index in [1.165, 1.54) is 14.2 Å². The Kier molecular flexibility index (Phi) is 7.80. The van der Waals surface area contributed by atoms with Crippen molar-refractivity contribution in [2.45, 2.75) is 32.1 Å². The lowest BCUT2D eigenvalue weighted by molar-refractivity contribution is -0.142. The van der Waals surface area contributed by atoms with Gasteiger partial charge in [-0.05, 0) is 37.0 Å². The van der Waals surface area contributed by atoms with Gasteiger partial charge in [-0.3, -0.25) is 9.59 Å². The molecule has 1 aromatic rings. The maximum atomic E-state index is 11.5. The van der Waals surface area contributed by atoms with Crippen LogP contribution in [0.15, 0.2) is 24.3 Å². The monoisotopic (exact) mass is 322 g/mol. The smallest absolute Gasteiger partial charge is 0.337 e. The second kappa shape index (κ2) is 9.61. The lowest BCUT2D eigenvalue weighted by Crippen LogP contribution is -2.17. The minimum Gasteiger partial charge on any atom is -0.481 e. The number of esters is 2. The van der Waals surface area contributed by atoms with E-state index in [0.717, 1.165) is 5.56 Å². The average molecular weight is 322 g/mol. The number of hydrogen-bond donors (Lipinski definition) is 1. The molecule has 0 saturated heterocycles. The fourth-order valence-corrected chi connectivity index (χ4v) is 2.30. The van der Waals surface area contributed by atoms with Crippen LogP contribution in [-0.4, -0.2) is 37.2 Å². The van der Waals surface area contributed by atoms with Crippen molar-refractivity contribution in [2.75, 3.05) is 14.2 Å². The first-order valence-electron chi connectivity index (χ1n) is 7.44. The van der Waals surface area contributed by atoms with Gasteiger partial charge in [-0.25, -0.2) is 4.79 Å². The third-order valence-corrected chi connectivity index (χ3v) is 3.59. The van der Waals surface area contributed by atoms with Crippen LogP contribution in [0.3, 0.4) is 0 Å². The summed E-state index contributed by atoms with van der Waals surface area (Å²) in [6.07, 6.45) is 2.31. The molecule has 0 fully saturated rings. The fourth-order valence-electron chi connectivity index (χ4n) is 2.30. The van der Waals surface area contributed by atoms with Gasteiger partial charge in [-0.2, -0.15) is 0 Å². The van der Waals surface area contributed by atoms with Crippen LogP contribution < -0.4 is 0 Å². The van der Waals surface area contributed by atoms with Crippen LogP contribution in [0, 0.1) is 5.92 Å². The zero-order valence-corrected chi connectivity index (χ0v) is 13.4. The molecule has 126 valence electrons. The molecule has 6 heteroatoms. The van der Waals surface area contributed by atoms with Crippen LogP contribution in [0.2, 0.25) is 0 Å². The summed E-state index contributed by atoms with van der Waals surface area (Å²) in [5.74, 6) is -2.17.